The number of ether oxygens (including phenoxy) is 1. The smallest absolute Gasteiger partial charge is 0.244 e. The van der Waals surface area contributed by atoms with Crippen LogP contribution in [0.4, 0.5) is 11.5 Å². The predicted molar refractivity (Wildman–Crippen MR) is 106 cm³/mol. The molecule has 1 amide bonds. The van der Waals surface area contributed by atoms with Crippen LogP contribution in [0.3, 0.4) is 0 Å². The number of likely N-dealkylation sites (N-methyl/N-ethyl adjacent to an activating group) is 1. The Morgan fingerprint density at radius 2 is 2.08 bits per heavy atom. The molecule has 0 atom stereocenters. The van der Waals surface area contributed by atoms with E-state index in [2.05, 4.69) is 28.3 Å². The van der Waals surface area contributed by atoms with Crippen molar-refractivity contribution < 1.29 is 9.53 Å². The highest BCUT2D eigenvalue weighted by Gasteiger charge is 2.17. The molecule has 2 aromatic heterocycles. The normalized spacial score (nSPS) is 10.7. The summed E-state index contributed by atoms with van der Waals surface area (Å²) in [5.74, 6) is 1.32. The van der Waals surface area contributed by atoms with Gasteiger partial charge >= 0.3 is 0 Å². The van der Waals surface area contributed by atoms with Crippen LogP contribution < -0.4 is 15.0 Å². The molecule has 1 N–H and O–H groups in total. The Bertz CT molecular complexity index is 909. The van der Waals surface area contributed by atoms with Gasteiger partial charge in [-0.1, -0.05) is 19.1 Å². The number of benzene rings is 1. The molecule has 0 saturated heterocycles. The number of para-hydroxylation sites is 2. The van der Waals surface area contributed by atoms with Crippen molar-refractivity contribution in [1.82, 2.24) is 9.97 Å². The lowest BCUT2D eigenvalue weighted by molar-refractivity contribution is -0.115. The number of carbonyl (C=O) groups excluding carboxylic acids is 1. The highest BCUT2D eigenvalue weighted by molar-refractivity contribution is 7.18. The maximum Gasteiger partial charge on any atom is 0.244 e. The predicted octanol–water partition coefficient (Wildman–Crippen LogP) is 3.73. The molecule has 0 radical (unpaired) electrons. The summed E-state index contributed by atoms with van der Waals surface area (Å²) in [4.78, 5) is 25.5. The second kappa shape index (κ2) is 8.14. The fourth-order valence-electron chi connectivity index (χ4n) is 2.77. The van der Waals surface area contributed by atoms with Crippen LogP contribution in [-0.2, 0) is 11.2 Å². The summed E-state index contributed by atoms with van der Waals surface area (Å²) in [7, 11) is 1.59. The molecule has 0 spiro atoms. The SMILES string of the molecule is CCc1cc2c(N(CC)CC(=O)Nc3ccccc3OC)ncnc2s1. The molecule has 2 heterocycles. The number of hydrogen-bond acceptors (Lipinski definition) is 6. The van der Waals surface area contributed by atoms with Gasteiger partial charge in [-0.05, 0) is 31.5 Å². The first kappa shape index (κ1) is 18.1. The maximum absolute atomic E-state index is 12.6. The summed E-state index contributed by atoms with van der Waals surface area (Å²) in [6, 6.07) is 9.49. The van der Waals surface area contributed by atoms with E-state index in [1.54, 1.807) is 24.8 Å². The number of rotatable bonds is 7. The Morgan fingerprint density at radius 1 is 1.27 bits per heavy atom. The summed E-state index contributed by atoms with van der Waals surface area (Å²) in [5.41, 5.74) is 0.660. The lowest BCUT2D eigenvalue weighted by Gasteiger charge is -2.22. The quantitative estimate of drug-likeness (QED) is 0.686. The standard InChI is InChI=1S/C19H22N4O2S/c1-4-13-10-14-18(20-12-21-19(14)26-13)23(5-2)11-17(24)22-15-8-6-7-9-16(15)25-3/h6-10,12H,4-5,11H2,1-3H3,(H,22,24). The maximum atomic E-state index is 12.6. The largest absolute Gasteiger partial charge is 0.495 e. The highest BCUT2D eigenvalue weighted by Crippen LogP contribution is 2.30. The number of hydrogen-bond donors (Lipinski definition) is 1. The van der Waals surface area contributed by atoms with Crippen molar-refractivity contribution in [1.29, 1.82) is 0 Å². The van der Waals surface area contributed by atoms with Gasteiger partial charge in [-0.2, -0.15) is 0 Å². The Kier molecular flexibility index (Phi) is 5.68. The molecule has 0 saturated carbocycles. The zero-order valence-electron chi connectivity index (χ0n) is 15.2. The van der Waals surface area contributed by atoms with Crippen molar-refractivity contribution in [3.05, 3.63) is 41.5 Å². The molecule has 0 aliphatic heterocycles. The van der Waals surface area contributed by atoms with Crippen molar-refractivity contribution in [2.75, 3.05) is 30.4 Å². The second-order valence-electron chi connectivity index (χ2n) is 5.75. The van der Waals surface area contributed by atoms with Crippen molar-refractivity contribution in [3.63, 3.8) is 0 Å². The van der Waals surface area contributed by atoms with E-state index in [4.69, 9.17) is 4.74 Å². The van der Waals surface area contributed by atoms with Gasteiger partial charge in [0.15, 0.2) is 0 Å². The first-order valence-corrected chi connectivity index (χ1v) is 9.39. The van der Waals surface area contributed by atoms with E-state index in [-0.39, 0.29) is 12.5 Å². The molecular weight excluding hydrogens is 348 g/mol. The van der Waals surface area contributed by atoms with Crippen LogP contribution in [-0.4, -0.2) is 36.1 Å². The first-order chi connectivity index (χ1) is 12.7. The Balaban J connectivity index is 1.81. The number of anilines is 2. The van der Waals surface area contributed by atoms with Gasteiger partial charge in [-0.25, -0.2) is 9.97 Å². The lowest BCUT2D eigenvalue weighted by Crippen LogP contribution is -2.33. The summed E-state index contributed by atoms with van der Waals surface area (Å²) in [6.07, 6.45) is 2.52. The van der Waals surface area contributed by atoms with E-state index >= 15 is 0 Å². The summed E-state index contributed by atoms with van der Waals surface area (Å²) in [5, 5.41) is 3.92. The van der Waals surface area contributed by atoms with E-state index in [0.717, 1.165) is 22.5 Å². The van der Waals surface area contributed by atoms with Crippen LogP contribution in [0.5, 0.6) is 5.75 Å². The fraction of sp³-hybridized carbons (Fsp3) is 0.316. The third kappa shape index (κ3) is 3.77. The van der Waals surface area contributed by atoms with E-state index in [1.165, 1.54) is 4.88 Å². The number of methoxy groups -OCH3 is 1. The Labute approximate surface area is 156 Å². The molecular formula is C19H22N4O2S. The van der Waals surface area contributed by atoms with Gasteiger partial charge in [-0.15, -0.1) is 11.3 Å². The minimum Gasteiger partial charge on any atom is -0.495 e. The van der Waals surface area contributed by atoms with Gasteiger partial charge in [-0.3, -0.25) is 4.79 Å². The van der Waals surface area contributed by atoms with Crippen molar-refractivity contribution >= 4 is 39.0 Å². The molecule has 3 aromatic rings. The highest BCUT2D eigenvalue weighted by atomic mass is 32.1. The minimum absolute atomic E-state index is 0.117. The number of amides is 1. The number of thiophene rings is 1. The van der Waals surface area contributed by atoms with Crippen molar-refractivity contribution in [2.45, 2.75) is 20.3 Å². The zero-order chi connectivity index (χ0) is 18.5. The Morgan fingerprint density at radius 3 is 2.81 bits per heavy atom. The number of fused-ring (bicyclic) bond motifs is 1. The third-order valence-corrected chi connectivity index (χ3v) is 5.29. The monoisotopic (exact) mass is 370 g/mol. The molecule has 0 unspecified atom stereocenters. The van der Waals surface area contributed by atoms with E-state index in [1.807, 2.05) is 36.1 Å². The van der Waals surface area contributed by atoms with Crippen LogP contribution >= 0.6 is 11.3 Å². The molecule has 0 fully saturated rings. The molecule has 0 aliphatic rings. The summed E-state index contributed by atoms with van der Waals surface area (Å²) >= 11 is 1.67. The lowest BCUT2D eigenvalue weighted by atomic mass is 10.2. The third-order valence-electron chi connectivity index (χ3n) is 4.10. The molecule has 7 heteroatoms. The van der Waals surface area contributed by atoms with Gasteiger partial charge in [0.25, 0.3) is 0 Å². The number of nitrogens with zero attached hydrogens (tertiary/aromatic N) is 3. The molecule has 0 bridgehead atoms. The van der Waals surface area contributed by atoms with Gasteiger partial charge in [0.2, 0.25) is 5.91 Å². The molecule has 0 aliphatic carbocycles. The first-order valence-electron chi connectivity index (χ1n) is 8.57. The van der Waals surface area contributed by atoms with Crippen molar-refractivity contribution in [2.24, 2.45) is 0 Å². The number of carbonyl (C=O) groups is 1. The van der Waals surface area contributed by atoms with Gasteiger partial charge in [0.05, 0.1) is 24.7 Å². The van der Waals surface area contributed by atoms with Crippen LogP contribution in [0.1, 0.15) is 18.7 Å². The average Bonchev–Trinajstić information content (AvgIpc) is 3.10. The second-order valence-corrected chi connectivity index (χ2v) is 6.86. The molecule has 1 aromatic carbocycles. The van der Waals surface area contributed by atoms with Crippen molar-refractivity contribution in [3.8, 4) is 5.75 Å². The zero-order valence-corrected chi connectivity index (χ0v) is 16.0. The van der Waals surface area contributed by atoms with Crippen LogP contribution in [0.2, 0.25) is 0 Å². The number of nitrogens with one attached hydrogen (secondary N) is 1. The number of aryl methyl sites for hydroxylation is 1. The number of aromatic nitrogens is 2. The summed E-state index contributed by atoms with van der Waals surface area (Å²) < 4.78 is 5.29. The molecule has 6 nitrogen and oxygen atoms in total. The topological polar surface area (TPSA) is 67.4 Å². The molecule has 26 heavy (non-hydrogen) atoms. The van der Waals surface area contributed by atoms with E-state index in [9.17, 15) is 4.79 Å². The van der Waals surface area contributed by atoms with E-state index < -0.39 is 0 Å². The minimum atomic E-state index is -0.117. The van der Waals surface area contributed by atoms with Gasteiger partial charge in [0, 0.05) is 11.4 Å². The summed E-state index contributed by atoms with van der Waals surface area (Å²) in [6.45, 7) is 5.01. The average molecular weight is 370 g/mol. The van der Waals surface area contributed by atoms with Crippen LogP contribution in [0, 0.1) is 0 Å². The molecule has 136 valence electrons. The van der Waals surface area contributed by atoms with E-state index in [0.29, 0.717) is 18.0 Å². The van der Waals surface area contributed by atoms with Gasteiger partial charge < -0.3 is 15.0 Å². The van der Waals surface area contributed by atoms with Crippen LogP contribution in [0.15, 0.2) is 36.7 Å². The molecule has 3 rings (SSSR count). The Hall–Kier alpha value is -2.67. The van der Waals surface area contributed by atoms with Crippen LogP contribution in [0.25, 0.3) is 10.2 Å². The van der Waals surface area contributed by atoms with Gasteiger partial charge in [0.1, 0.15) is 22.7 Å². The fourth-order valence-corrected chi connectivity index (χ4v) is 3.70.